The largest absolute Gasteiger partial charge is 0.368 e. The molecule has 0 bridgehead atoms. The second-order valence-corrected chi connectivity index (χ2v) is 5.29. The molecule has 6 heteroatoms. The van der Waals surface area contributed by atoms with Crippen molar-refractivity contribution < 1.29 is 0 Å². The predicted octanol–water partition coefficient (Wildman–Crippen LogP) is 2.63. The molecule has 0 aliphatic heterocycles. The van der Waals surface area contributed by atoms with Crippen LogP contribution in [0.5, 0.6) is 0 Å². The molecule has 116 valence electrons. The van der Waals surface area contributed by atoms with Crippen LogP contribution >= 0.6 is 0 Å². The fourth-order valence-corrected chi connectivity index (χ4v) is 2.55. The Morgan fingerprint density at radius 2 is 1.54 bits per heavy atom. The van der Waals surface area contributed by atoms with E-state index in [1.165, 1.54) is 0 Å². The van der Waals surface area contributed by atoms with E-state index in [-0.39, 0.29) is 11.5 Å². The highest BCUT2D eigenvalue weighted by Gasteiger charge is 2.10. The fourth-order valence-electron chi connectivity index (χ4n) is 2.55. The van der Waals surface area contributed by atoms with Gasteiger partial charge in [0.2, 0.25) is 5.95 Å². The van der Waals surface area contributed by atoms with Crippen molar-refractivity contribution in [1.82, 2.24) is 19.9 Å². The second-order valence-electron chi connectivity index (χ2n) is 5.29. The number of nitrogens with zero attached hydrogens (tertiary/aromatic N) is 3. The van der Waals surface area contributed by atoms with Crippen LogP contribution in [0.4, 0.5) is 5.95 Å². The quantitative estimate of drug-likeness (QED) is 0.592. The normalized spacial score (nSPS) is 10.8. The highest BCUT2D eigenvalue weighted by molar-refractivity contribution is 5.79. The van der Waals surface area contributed by atoms with E-state index in [9.17, 15) is 4.79 Å². The average Bonchev–Trinajstić information content (AvgIpc) is 2.62. The van der Waals surface area contributed by atoms with E-state index in [1.807, 2.05) is 36.4 Å². The Hall–Kier alpha value is -3.54. The molecule has 0 unspecified atom stereocenters. The summed E-state index contributed by atoms with van der Waals surface area (Å²) in [7, 11) is 0. The van der Waals surface area contributed by atoms with Gasteiger partial charge in [-0.05, 0) is 18.2 Å². The van der Waals surface area contributed by atoms with Crippen molar-refractivity contribution in [2.75, 3.05) is 5.73 Å². The van der Waals surface area contributed by atoms with Crippen molar-refractivity contribution in [2.24, 2.45) is 0 Å². The molecule has 0 amide bonds. The van der Waals surface area contributed by atoms with Gasteiger partial charge in [0.25, 0.3) is 5.56 Å². The maximum Gasteiger partial charge on any atom is 0.259 e. The maximum atomic E-state index is 12.2. The van der Waals surface area contributed by atoms with Crippen molar-refractivity contribution in [3.8, 4) is 22.8 Å². The summed E-state index contributed by atoms with van der Waals surface area (Å²) in [6.07, 6.45) is 0. The minimum absolute atomic E-state index is 0.127. The first-order valence-electron chi connectivity index (χ1n) is 7.40. The summed E-state index contributed by atoms with van der Waals surface area (Å²) in [6, 6.07) is 18.6. The van der Waals surface area contributed by atoms with Crippen LogP contribution in [0.1, 0.15) is 0 Å². The molecule has 0 spiro atoms. The molecule has 4 aromatic rings. The molecule has 3 N–H and O–H groups in total. The van der Waals surface area contributed by atoms with Gasteiger partial charge in [-0.2, -0.15) is 0 Å². The summed E-state index contributed by atoms with van der Waals surface area (Å²) in [5.74, 6) is 0.493. The van der Waals surface area contributed by atoms with Gasteiger partial charge in [0.05, 0.1) is 16.6 Å². The minimum Gasteiger partial charge on any atom is -0.368 e. The summed E-state index contributed by atoms with van der Waals surface area (Å²) in [4.78, 5) is 28.0. The Kier molecular flexibility index (Phi) is 3.28. The molecule has 2 heterocycles. The molecule has 2 aromatic heterocycles. The number of nitrogens with one attached hydrogen (secondary N) is 1. The number of hydrogen-bond acceptors (Lipinski definition) is 5. The van der Waals surface area contributed by atoms with Gasteiger partial charge in [-0.3, -0.25) is 4.79 Å². The zero-order valence-electron chi connectivity index (χ0n) is 12.6. The van der Waals surface area contributed by atoms with Crippen molar-refractivity contribution in [2.45, 2.75) is 0 Å². The van der Waals surface area contributed by atoms with Crippen LogP contribution in [0.15, 0.2) is 65.5 Å². The van der Waals surface area contributed by atoms with Crippen molar-refractivity contribution in [3.63, 3.8) is 0 Å². The lowest BCUT2D eigenvalue weighted by molar-refractivity contribution is 1.12. The number of rotatable bonds is 2. The van der Waals surface area contributed by atoms with E-state index in [0.717, 1.165) is 5.56 Å². The van der Waals surface area contributed by atoms with Gasteiger partial charge in [0.1, 0.15) is 5.69 Å². The third-order valence-corrected chi connectivity index (χ3v) is 3.67. The number of benzene rings is 2. The van der Waals surface area contributed by atoms with E-state index in [2.05, 4.69) is 19.9 Å². The molecular weight excluding hydrogens is 302 g/mol. The lowest BCUT2D eigenvalue weighted by Gasteiger charge is -2.06. The van der Waals surface area contributed by atoms with Gasteiger partial charge < -0.3 is 10.7 Å². The average molecular weight is 315 g/mol. The summed E-state index contributed by atoms with van der Waals surface area (Å²) < 4.78 is 0. The highest BCUT2D eigenvalue weighted by Crippen LogP contribution is 2.22. The Morgan fingerprint density at radius 1 is 0.833 bits per heavy atom. The van der Waals surface area contributed by atoms with Crippen LogP contribution in [0, 0.1) is 0 Å². The molecule has 0 saturated carbocycles. The van der Waals surface area contributed by atoms with Gasteiger partial charge >= 0.3 is 0 Å². The number of nitrogens with two attached hydrogens (primary N) is 1. The van der Waals surface area contributed by atoms with Crippen LogP contribution in [0.3, 0.4) is 0 Å². The summed E-state index contributed by atoms with van der Waals surface area (Å²) in [6.45, 7) is 0. The fraction of sp³-hybridized carbons (Fsp3) is 0. The van der Waals surface area contributed by atoms with Crippen LogP contribution in [-0.2, 0) is 0 Å². The standard InChI is InChI=1S/C18H13N5O/c19-18-21-14(11-6-2-1-3-7-11)10-15(22-18)16-20-13-9-5-4-8-12(13)17(24)23-16/h1-10H,(H2,19,21,22)(H,20,23,24). The lowest BCUT2D eigenvalue weighted by Crippen LogP contribution is -2.10. The highest BCUT2D eigenvalue weighted by atomic mass is 16.1. The SMILES string of the molecule is Nc1nc(-c2ccccc2)cc(-c2nc3ccccc3c(=O)[nH]2)n1. The molecule has 0 atom stereocenters. The third kappa shape index (κ3) is 2.50. The maximum absolute atomic E-state index is 12.2. The molecule has 4 rings (SSSR count). The van der Waals surface area contributed by atoms with E-state index in [0.29, 0.717) is 28.1 Å². The molecule has 0 fully saturated rings. The van der Waals surface area contributed by atoms with E-state index < -0.39 is 0 Å². The summed E-state index contributed by atoms with van der Waals surface area (Å²) in [5.41, 5.74) is 8.30. The number of anilines is 1. The zero-order chi connectivity index (χ0) is 16.5. The Balaban J connectivity index is 1.91. The van der Waals surface area contributed by atoms with E-state index >= 15 is 0 Å². The van der Waals surface area contributed by atoms with E-state index in [4.69, 9.17) is 5.73 Å². The van der Waals surface area contributed by atoms with Crippen LogP contribution in [0.2, 0.25) is 0 Å². The Bertz CT molecular complexity index is 1090. The smallest absolute Gasteiger partial charge is 0.259 e. The minimum atomic E-state index is -0.214. The van der Waals surface area contributed by atoms with Gasteiger partial charge in [-0.15, -0.1) is 0 Å². The number of fused-ring (bicyclic) bond motifs is 1. The number of hydrogen-bond donors (Lipinski definition) is 2. The molecule has 0 aliphatic rings. The first-order chi connectivity index (χ1) is 11.7. The number of aromatic amines is 1. The monoisotopic (exact) mass is 315 g/mol. The number of H-pyrrole nitrogens is 1. The Morgan fingerprint density at radius 3 is 2.38 bits per heavy atom. The first-order valence-corrected chi connectivity index (χ1v) is 7.40. The first kappa shape index (κ1) is 14.1. The number of para-hydroxylation sites is 1. The number of nitrogen functional groups attached to an aromatic ring is 1. The molecule has 0 radical (unpaired) electrons. The van der Waals surface area contributed by atoms with Gasteiger partial charge in [-0.25, -0.2) is 15.0 Å². The second kappa shape index (κ2) is 5.58. The molecule has 6 nitrogen and oxygen atoms in total. The van der Waals surface area contributed by atoms with E-state index in [1.54, 1.807) is 24.3 Å². The van der Waals surface area contributed by atoms with Gasteiger partial charge in [-0.1, -0.05) is 42.5 Å². The van der Waals surface area contributed by atoms with Crippen molar-refractivity contribution >= 4 is 16.9 Å². The third-order valence-electron chi connectivity index (χ3n) is 3.67. The molecule has 0 aliphatic carbocycles. The van der Waals surface area contributed by atoms with Crippen LogP contribution in [0.25, 0.3) is 33.7 Å². The predicted molar refractivity (Wildman–Crippen MR) is 93.2 cm³/mol. The van der Waals surface area contributed by atoms with Crippen LogP contribution in [-0.4, -0.2) is 19.9 Å². The molecular formula is C18H13N5O. The lowest BCUT2D eigenvalue weighted by atomic mass is 10.1. The molecule has 2 aromatic carbocycles. The van der Waals surface area contributed by atoms with Gasteiger partial charge in [0, 0.05) is 5.56 Å². The van der Waals surface area contributed by atoms with Crippen molar-refractivity contribution in [1.29, 1.82) is 0 Å². The summed E-state index contributed by atoms with van der Waals surface area (Å²) >= 11 is 0. The molecule has 0 saturated heterocycles. The summed E-state index contributed by atoms with van der Waals surface area (Å²) in [5, 5.41) is 0.534. The van der Waals surface area contributed by atoms with Crippen LogP contribution < -0.4 is 11.3 Å². The zero-order valence-corrected chi connectivity index (χ0v) is 12.6. The van der Waals surface area contributed by atoms with Gasteiger partial charge in [0.15, 0.2) is 5.82 Å². The van der Waals surface area contributed by atoms with Crippen molar-refractivity contribution in [3.05, 3.63) is 71.0 Å². The molecule has 24 heavy (non-hydrogen) atoms. The topological polar surface area (TPSA) is 97.5 Å². The Labute approximate surface area is 137 Å². The number of aromatic nitrogens is 4.